The summed E-state index contributed by atoms with van der Waals surface area (Å²) in [6, 6.07) is 0. The zero-order valence-corrected chi connectivity index (χ0v) is 8.43. The van der Waals surface area contributed by atoms with Gasteiger partial charge in [0.15, 0.2) is 5.95 Å². The maximum atomic E-state index is 5.85. The number of imidazole rings is 1. The Morgan fingerprint density at radius 3 is 2.38 bits per heavy atom. The maximum absolute atomic E-state index is 5.85. The van der Waals surface area contributed by atoms with Gasteiger partial charge in [-0.3, -0.25) is 0 Å². The summed E-state index contributed by atoms with van der Waals surface area (Å²) in [5.41, 5.74) is 6.87. The standard InChI is InChI=1S/C9H15N3O/c1-8(2)5-6(9(3,4)13-8)12-7(10)11-5/h1-4H3,(H3,10,11,12). The molecule has 0 aliphatic carbocycles. The molecule has 0 amide bonds. The molecule has 0 bridgehead atoms. The minimum atomic E-state index is -0.340. The van der Waals surface area contributed by atoms with Crippen LogP contribution in [0, 0.1) is 0 Å². The predicted molar refractivity (Wildman–Crippen MR) is 50.1 cm³/mol. The molecule has 1 aromatic heterocycles. The third-order valence-electron chi connectivity index (χ3n) is 2.40. The number of fused-ring (bicyclic) bond motifs is 1. The van der Waals surface area contributed by atoms with Crippen molar-refractivity contribution in [2.45, 2.75) is 38.9 Å². The summed E-state index contributed by atoms with van der Waals surface area (Å²) in [5.74, 6) is 0.467. The highest BCUT2D eigenvalue weighted by atomic mass is 16.5. The smallest absolute Gasteiger partial charge is 0.198 e. The first-order valence-electron chi connectivity index (χ1n) is 4.39. The van der Waals surface area contributed by atoms with Crippen LogP contribution >= 0.6 is 0 Å². The van der Waals surface area contributed by atoms with Crippen LogP contribution in [0.1, 0.15) is 39.1 Å². The number of H-pyrrole nitrogens is 1. The summed E-state index contributed by atoms with van der Waals surface area (Å²) in [4.78, 5) is 7.28. The van der Waals surface area contributed by atoms with Crippen LogP contribution < -0.4 is 5.73 Å². The van der Waals surface area contributed by atoms with E-state index in [1.54, 1.807) is 0 Å². The van der Waals surface area contributed by atoms with E-state index in [9.17, 15) is 0 Å². The van der Waals surface area contributed by atoms with Crippen molar-refractivity contribution < 1.29 is 4.74 Å². The maximum Gasteiger partial charge on any atom is 0.198 e. The molecule has 72 valence electrons. The van der Waals surface area contributed by atoms with E-state index < -0.39 is 0 Å². The molecule has 2 heterocycles. The molecule has 13 heavy (non-hydrogen) atoms. The van der Waals surface area contributed by atoms with Crippen LogP contribution in [0.2, 0.25) is 0 Å². The van der Waals surface area contributed by atoms with E-state index in [1.807, 2.05) is 27.7 Å². The molecule has 1 aliphatic rings. The number of nitrogens with one attached hydrogen (secondary N) is 1. The van der Waals surface area contributed by atoms with Crippen molar-refractivity contribution in [2.24, 2.45) is 0 Å². The van der Waals surface area contributed by atoms with Gasteiger partial charge >= 0.3 is 0 Å². The van der Waals surface area contributed by atoms with Crippen LogP contribution in [0.15, 0.2) is 0 Å². The van der Waals surface area contributed by atoms with E-state index >= 15 is 0 Å². The quantitative estimate of drug-likeness (QED) is 0.637. The van der Waals surface area contributed by atoms with Gasteiger partial charge in [-0.1, -0.05) is 0 Å². The van der Waals surface area contributed by atoms with Crippen molar-refractivity contribution in [1.82, 2.24) is 9.97 Å². The van der Waals surface area contributed by atoms with Crippen LogP contribution in [0.3, 0.4) is 0 Å². The van der Waals surface area contributed by atoms with Gasteiger partial charge in [0.2, 0.25) is 0 Å². The van der Waals surface area contributed by atoms with Gasteiger partial charge in [0, 0.05) is 0 Å². The first-order valence-corrected chi connectivity index (χ1v) is 4.39. The molecule has 0 spiro atoms. The molecular weight excluding hydrogens is 166 g/mol. The molecule has 0 fully saturated rings. The van der Waals surface area contributed by atoms with Gasteiger partial charge < -0.3 is 15.5 Å². The number of aromatic nitrogens is 2. The van der Waals surface area contributed by atoms with E-state index in [-0.39, 0.29) is 11.2 Å². The second kappa shape index (κ2) is 2.07. The Morgan fingerprint density at radius 1 is 1.23 bits per heavy atom. The van der Waals surface area contributed by atoms with Crippen LogP contribution in [-0.4, -0.2) is 9.97 Å². The number of hydrogen-bond donors (Lipinski definition) is 2. The molecular formula is C9H15N3O. The van der Waals surface area contributed by atoms with Crippen molar-refractivity contribution in [3.05, 3.63) is 11.4 Å². The van der Waals surface area contributed by atoms with Crippen LogP contribution in [-0.2, 0) is 15.9 Å². The van der Waals surface area contributed by atoms with Crippen LogP contribution in [0.5, 0.6) is 0 Å². The molecule has 4 heteroatoms. The van der Waals surface area contributed by atoms with Gasteiger partial charge in [0.25, 0.3) is 0 Å². The lowest BCUT2D eigenvalue weighted by molar-refractivity contribution is -0.108. The van der Waals surface area contributed by atoms with Crippen molar-refractivity contribution in [2.75, 3.05) is 5.73 Å². The number of hydrogen-bond acceptors (Lipinski definition) is 3. The van der Waals surface area contributed by atoms with Crippen molar-refractivity contribution in [3.63, 3.8) is 0 Å². The summed E-state index contributed by atoms with van der Waals surface area (Å²) in [5, 5.41) is 0. The number of aromatic amines is 1. The van der Waals surface area contributed by atoms with Gasteiger partial charge in [-0.2, -0.15) is 0 Å². The summed E-state index contributed by atoms with van der Waals surface area (Å²) >= 11 is 0. The lowest BCUT2D eigenvalue weighted by Crippen LogP contribution is -2.24. The Hall–Kier alpha value is -1.03. The average molecular weight is 181 g/mol. The minimum absolute atomic E-state index is 0.316. The van der Waals surface area contributed by atoms with Crippen molar-refractivity contribution in [3.8, 4) is 0 Å². The van der Waals surface area contributed by atoms with Crippen LogP contribution in [0.25, 0.3) is 0 Å². The number of nitrogen functional groups attached to an aromatic ring is 1. The molecule has 0 saturated carbocycles. The topological polar surface area (TPSA) is 63.9 Å². The van der Waals surface area contributed by atoms with Gasteiger partial charge in [0.1, 0.15) is 11.2 Å². The van der Waals surface area contributed by atoms with Crippen molar-refractivity contribution in [1.29, 1.82) is 0 Å². The summed E-state index contributed by atoms with van der Waals surface area (Å²) in [6.07, 6.45) is 0. The summed E-state index contributed by atoms with van der Waals surface area (Å²) < 4.78 is 5.85. The molecule has 4 nitrogen and oxygen atoms in total. The van der Waals surface area contributed by atoms with E-state index in [2.05, 4.69) is 9.97 Å². The molecule has 2 rings (SSSR count). The van der Waals surface area contributed by atoms with E-state index in [0.717, 1.165) is 11.4 Å². The van der Waals surface area contributed by atoms with E-state index in [1.165, 1.54) is 0 Å². The molecule has 0 saturated heterocycles. The Bertz CT molecular complexity index is 320. The molecule has 0 aromatic carbocycles. The third-order valence-corrected chi connectivity index (χ3v) is 2.40. The SMILES string of the molecule is CC1(C)OC(C)(C)c2[nH]c(N)nc21. The second-order valence-electron chi connectivity index (χ2n) is 4.47. The molecule has 1 aromatic rings. The predicted octanol–water partition coefficient (Wildman–Crippen LogP) is 1.49. The Balaban J connectivity index is 2.63. The fourth-order valence-electron chi connectivity index (χ4n) is 2.00. The molecule has 0 unspecified atom stereocenters. The highest BCUT2D eigenvalue weighted by Gasteiger charge is 2.46. The third kappa shape index (κ3) is 1.05. The largest absolute Gasteiger partial charge is 0.369 e. The summed E-state index contributed by atoms with van der Waals surface area (Å²) in [6.45, 7) is 8.03. The number of ether oxygens (including phenoxy) is 1. The van der Waals surface area contributed by atoms with Crippen molar-refractivity contribution >= 4 is 5.95 Å². The second-order valence-corrected chi connectivity index (χ2v) is 4.47. The Labute approximate surface area is 77.5 Å². The number of rotatable bonds is 0. The molecule has 0 radical (unpaired) electrons. The first kappa shape index (κ1) is 8.56. The fourth-order valence-corrected chi connectivity index (χ4v) is 2.00. The lowest BCUT2D eigenvalue weighted by Gasteiger charge is -2.24. The molecule has 1 aliphatic heterocycles. The van der Waals surface area contributed by atoms with E-state index in [0.29, 0.717) is 5.95 Å². The highest BCUT2D eigenvalue weighted by molar-refractivity contribution is 5.36. The minimum Gasteiger partial charge on any atom is -0.369 e. The highest BCUT2D eigenvalue weighted by Crippen LogP contribution is 2.45. The number of nitrogens with zero attached hydrogens (tertiary/aromatic N) is 1. The number of anilines is 1. The average Bonchev–Trinajstić information content (AvgIpc) is 2.34. The zero-order valence-electron chi connectivity index (χ0n) is 8.43. The lowest BCUT2D eigenvalue weighted by atomic mass is 10.0. The van der Waals surface area contributed by atoms with Gasteiger partial charge in [0.05, 0.1) is 11.4 Å². The Kier molecular flexibility index (Phi) is 1.36. The van der Waals surface area contributed by atoms with Crippen LogP contribution in [0.4, 0.5) is 5.95 Å². The van der Waals surface area contributed by atoms with Gasteiger partial charge in [-0.05, 0) is 27.7 Å². The van der Waals surface area contributed by atoms with Gasteiger partial charge in [-0.15, -0.1) is 0 Å². The van der Waals surface area contributed by atoms with Gasteiger partial charge in [-0.25, -0.2) is 4.98 Å². The zero-order chi connectivity index (χ0) is 9.85. The Morgan fingerprint density at radius 2 is 1.85 bits per heavy atom. The normalized spacial score (nSPS) is 23.1. The summed E-state index contributed by atoms with van der Waals surface area (Å²) in [7, 11) is 0. The first-order chi connectivity index (χ1) is 5.83. The number of nitrogens with two attached hydrogens (primary N) is 1. The van der Waals surface area contributed by atoms with E-state index in [4.69, 9.17) is 10.5 Å². The monoisotopic (exact) mass is 181 g/mol. The molecule has 3 N–H and O–H groups in total. The molecule has 0 atom stereocenters. The fraction of sp³-hybridized carbons (Fsp3) is 0.667.